The number of carboxylic acid groups (broad SMARTS) is 1. The van der Waals surface area contributed by atoms with Crippen molar-refractivity contribution >= 4 is 27.6 Å². The number of hydrogen-bond acceptors (Lipinski definition) is 1. The Morgan fingerprint density at radius 1 is 0.958 bits per heavy atom. The Bertz CT molecular complexity index is 1070. The average molecular weight is 315 g/mol. The van der Waals surface area contributed by atoms with Crippen LogP contribution >= 0.6 is 0 Å². The van der Waals surface area contributed by atoms with Crippen molar-refractivity contribution in [3.63, 3.8) is 0 Å². The SMILES string of the molecule is Cc1cccc2cc(C(=O)O)n(Cc3cccc4ccccc34)c12. The van der Waals surface area contributed by atoms with Crippen molar-refractivity contribution in [1.29, 1.82) is 0 Å². The Kier molecular flexibility index (Phi) is 3.35. The van der Waals surface area contributed by atoms with Crippen LogP contribution in [0.5, 0.6) is 0 Å². The number of aromatic nitrogens is 1. The lowest BCUT2D eigenvalue weighted by Crippen LogP contribution is -2.10. The van der Waals surface area contributed by atoms with Crippen molar-refractivity contribution in [3.05, 3.63) is 83.6 Å². The molecule has 3 heteroatoms. The molecule has 0 saturated carbocycles. The molecule has 24 heavy (non-hydrogen) atoms. The molecule has 1 N–H and O–H groups in total. The second-order valence-electron chi connectivity index (χ2n) is 6.07. The van der Waals surface area contributed by atoms with E-state index in [1.165, 1.54) is 5.39 Å². The third-order valence-corrected chi connectivity index (χ3v) is 4.55. The van der Waals surface area contributed by atoms with E-state index >= 15 is 0 Å². The molecule has 118 valence electrons. The van der Waals surface area contributed by atoms with Crippen LogP contribution in [0.15, 0.2) is 66.7 Å². The lowest BCUT2D eigenvalue weighted by atomic mass is 10.0. The number of aryl methyl sites for hydroxylation is 1. The largest absolute Gasteiger partial charge is 0.477 e. The topological polar surface area (TPSA) is 42.2 Å². The zero-order valence-electron chi connectivity index (χ0n) is 13.4. The number of benzene rings is 3. The van der Waals surface area contributed by atoms with Crippen LogP contribution in [0.4, 0.5) is 0 Å². The number of nitrogens with zero attached hydrogens (tertiary/aromatic N) is 1. The molecule has 0 aliphatic heterocycles. The Balaban J connectivity index is 1.96. The molecule has 0 aliphatic carbocycles. The maximum Gasteiger partial charge on any atom is 0.352 e. The van der Waals surface area contributed by atoms with Gasteiger partial charge in [-0.1, -0.05) is 60.7 Å². The number of carboxylic acids is 1. The van der Waals surface area contributed by atoms with Crippen LogP contribution in [0.25, 0.3) is 21.7 Å². The molecule has 0 amide bonds. The van der Waals surface area contributed by atoms with E-state index in [0.29, 0.717) is 12.2 Å². The average Bonchev–Trinajstić information content (AvgIpc) is 2.95. The van der Waals surface area contributed by atoms with Gasteiger partial charge in [0.2, 0.25) is 0 Å². The summed E-state index contributed by atoms with van der Waals surface area (Å²) >= 11 is 0. The van der Waals surface area contributed by atoms with Gasteiger partial charge in [0.1, 0.15) is 5.69 Å². The molecule has 3 aromatic carbocycles. The van der Waals surface area contributed by atoms with Crippen LogP contribution in [0.3, 0.4) is 0 Å². The fraction of sp³-hybridized carbons (Fsp3) is 0.0952. The van der Waals surface area contributed by atoms with Gasteiger partial charge < -0.3 is 9.67 Å². The van der Waals surface area contributed by atoms with Crippen molar-refractivity contribution in [2.45, 2.75) is 13.5 Å². The fourth-order valence-corrected chi connectivity index (χ4v) is 3.45. The summed E-state index contributed by atoms with van der Waals surface area (Å²) in [5.41, 5.74) is 3.52. The van der Waals surface area contributed by atoms with Gasteiger partial charge in [-0.25, -0.2) is 4.79 Å². The minimum atomic E-state index is -0.897. The van der Waals surface area contributed by atoms with E-state index in [0.717, 1.165) is 27.4 Å². The minimum absolute atomic E-state index is 0.326. The highest BCUT2D eigenvalue weighted by atomic mass is 16.4. The maximum atomic E-state index is 11.7. The second kappa shape index (κ2) is 5.53. The molecule has 0 atom stereocenters. The van der Waals surface area contributed by atoms with Crippen LogP contribution in [-0.4, -0.2) is 15.6 Å². The molecule has 0 aliphatic rings. The fourth-order valence-electron chi connectivity index (χ4n) is 3.45. The van der Waals surface area contributed by atoms with Crippen LogP contribution in [0.1, 0.15) is 21.6 Å². The molecule has 0 fully saturated rings. The molecule has 1 heterocycles. The molecule has 1 aromatic heterocycles. The van der Waals surface area contributed by atoms with E-state index < -0.39 is 5.97 Å². The Morgan fingerprint density at radius 2 is 1.67 bits per heavy atom. The Morgan fingerprint density at radius 3 is 2.50 bits per heavy atom. The summed E-state index contributed by atoms with van der Waals surface area (Å²) in [6.45, 7) is 2.56. The number of carbonyl (C=O) groups is 1. The normalized spacial score (nSPS) is 11.2. The summed E-state index contributed by atoms with van der Waals surface area (Å²) in [4.78, 5) is 11.7. The van der Waals surface area contributed by atoms with Gasteiger partial charge in [0.25, 0.3) is 0 Å². The van der Waals surface area contributed by atoms with Crippen LogP contribution in [-0.2, 0) is 6.54 Å². The summed E-state index contributed by atoms with van der Waals surface area (Å²) in [5, 5.41) is 12.9. The summed E-state index contributed by atoms with van der Waals surface area (Å²) < 4.78 is 1.91. The highest BCUT2D eigenvalue weighted by Crippen LogP contribution is 2.27. The molecule has 0 bridgehead atoms. The van der Waals surface area contributed by atoms with Crippen molar-refractivity contribution < 1.29 is 9.90 Å². The molecule has 4 rings (SSSR count). The van der Waals surface area contributed by atoms with E-state index in [9.17, 15) is 9.90 Å². The van der Waals surface area contributed by atoms with Gasteiger partial charge in [0.15, 0.2) is 0 Å². The standard InChI is InChI=1S/C21H17NO2/c1-14-6-4-9-16-12-19(21(23)24)22(20(14)16)13-17-10-5-8-15-7-2-3-11-18(15)17/h2-12H,13H2,1H3,(H,23,24). The zero-order chi connectivity index (χ0) is 16.7. The van der Waals surface area contributed by atoms with Crippen molar-refractivity contribution in [3.8, 4) is 0 Å². The first-order chi connectivity index (χ1) is 11.6. The minimum Gasteiger partial charge on any atom is -0.477 e. The van der Waals surface area contributed by atoms with E-state index in [1.54, 1.807) is 6.07 Å². The van der Waals surface area contributed by atoms with E-state index in [-0.39, 0.29) is 0 Å². The third kappa shape index (κ3) is 2.26. The van der Waals surface area contributed by atoms with Crippen molar-refractivity contribution in [1.82, 2.24) is 4.57 Å². The zero-order valence-corrected chi connectivity index (χ0v) is 13.4. The van der Waals surface area contributed by atoms with Gasteiger partial charge in [0.05, 0.1) is 5.52 Å². The molecule has 3 nitrogen and oxygen atoms in total. The third-order valence-electron chi connectivity index (χ3n) is 4.55. The lowest BCUT2D eigenvalue weighted by molar-refractivity contribution is 0.0686. The summed E-state index contributed by atoms with van der Waals surface area (Å²) in [5.74, 6) is -0.897. The molecular weight excluding hydrogens is 298 g/mol. The van der Waals surface area contributed by atoms with Gasteiger partial charge in [0, 0.05) is 11.9 Å². The predicted octanol–water partition coefficient (Wildman–Crippen LogP) is 4.85. The van der Waals surface area contributed by atoms with Crippen LogP contribution in [0.2, 0.25) is 0 Å². The van der Waals surface area contributed by atoms with Gasteiger partial charge in [-0.05, 0) is 34.9 Å². The Hall–Kier alpha value is -3.07. The number of aromatic carboxylic acids is 1. The Labute approximate surface area is 139 Å². The first-order valence-electron chi connectivity index (χ1n) is 7.94. The number of hydrogen-bond donors (Lipinski definition) is 1. The van der Waals surface area contributed by atoms with E-state index in [4.69, 9.17) is 0 Å². The first kappa shape index (κ1) is 14.5. The number of rotatable bonds is 3. The van der Waals surface area contributed by atoms with Gasteiger partial charge >= 0.3 is 5.97 Å². The lowest BCUT2D eigenvalue weighted by Gasteiger charge is -2.12. The second-order valence-corrected chi connectivity index (χ2v) is 6.07. The molecule has 0 radical (unpaired) electrons. The summed E-state index contributed by atoms with van der Waals surface area (Å²) in [6, 6.07) is 22.1. The first-order valence-corrected chi connectivity index (χ1v) is 7.94. The molecular formula is C21H17NO2. The summed E-state index contributed by atoms with van der Waals surface area (Å²) in [6.07, 6.45) is 0. The molecule has 4 aromatic rings. The monoisotopic (exact) mass is 315 g/mol. The van der Waals surface area contributed by atoms with Crippen LogP contribution in [0, 0.1) is 6.92 Å². The smallest absolute Gasteiger partial charge is 0.352 e. The highest BCUT2D eigenvalue weighted by Gasteiger charge is 2.16. The van der Waals surface area contributed by atoms with E-state index in [1.807, 2.05) is 47.9 Å². The molecule has 0 saturated heterocycles. The van der Waals surface area contributed by atoms with Gasteiger partial charge in [-0.2, -0.15) is 0 Å². The maximum absolute atomic E-state index is 11.7. The number of para-hydroxylation sites is 1. The van der Waals surface area contributed by atoms with Crippen molar-refractivity contribution in [2.75, 3.05) is 0 Å². The van der Waals surface area contributed by atoms with Crippen LogP contribution < -0.4 is 0 Å². The predicted molar refractivity (Wildman–Crippen MR) is 96.7 cm³/mol. The molecule has 0 spiro atoms. The molecule has 0 unspecified atom stereocenters. The summed E-state index contributed by atoms with van der Waals surface area (Å²) in [7, 11) is 0. The number of fused-ring (bicyclic) bond motifs is 2. The van der Waals surface area contributed by atoms with E-state index in [2.05, 4.69) is 24.3 Å². The van der Waals surface area contributed by atoms with Gasteiger partial charge in [-0.3, -0.25) is 0 Å². The quantitative estimate of drug-likeness (QED) is 0.587. The van der Waals surface area contributed by atoms with Crippen molar-refractivity contribution in [2.24, 2.45) is 0 Å². The van der Waals surface area contributed by atoms with Gasteiger partial charge in [-0.15, -0.1) is 0 Å². The highest BCUT2D eigenvalue weighted by molar-refractivity contribution is 5.96.